The van der Waals surface area contributed by atoms with Gasteiger partial charge in [0.1, 0.15) is 0 Å². The number of nitrogens with two attached hydrogens (primary N) is 1. The lowest BCUT2D eigenvalue weighted by Gasteiger charge is -2.18. The van der Waals surface area contributed by atoms with Crippen LogP contribution < -0.4 is 5.73 Å². The van der Waals surface area contributed by atoms with E-state index in [1.54, 1.807) is 0 Å². The second kappa shape index (κ2) is 5.42. The van der Waals surface area contributed by atoms with Crippen molar-refractivity contribution in [2.45, 2.75) is 32.6 Å². The molecule has 0 bridgehead atoms. The number of halogens is 1. The lowest BCUT2D eigenvalue weighted by atomic mass is 9.94. The van der Waals surface area contributed by atoms with Crippen molar-refractivity contribution in [2.75, 3.05) is 6.54 Å². The Hall–Kier alpha value is -0.240. The Morgan fingerprint density at radius 2 is 2.36 bits per heavy atom. The van der Waals surface area contributed by atoms with Gasteiger partial charge in [0.25, 0.3) is 0 Å². The number of hydrogen-bond donors (Lipinski definition) is 1. The molecule has 2 nitrogen and oxygen atoms in total. The molecule has 0 fully saturated rings. The number of hydrogen-bond acceptors (Lipinski definition) is 2. The molecule has 11 heavy (non-hydrogen) atoms. The molecule has 3 heteroatoms. The summed E-state index contributed by atoms with van der Waals surface area (Å²) in [7, 11) is 0. The average Bonchev–Trinajstić information content (AvgIpc) is 1.88. The van der Waals surface area contributed by atoms with Gasteiger partial charge in [-0.1, -0.05) is 19.8 Å². The Balaban J connectivity index is 0.000001000. The molecule has 1 heterocycles. The van der Waals surface area contributed by atoms with E-state index < -0.39 is 0 Å². The monoisotopic (exact) mass is 176 g/mol. The van der Waals surface area contributed by atoms with E-state index in [1.165, 1.54) is 19.3 Å². The van der Waals surface area contributed by atoms with Gasteiger partial charge in [-0.3, -0.25) is 4.99 Å². The molecule has 1 rings (SSSR count). The predicted octanol–water partition coefficient (Wildman–Crippen LogP) is 1.98. The molecule has 0 saturated heterocycles. The van der Waals surface area contributed by atoms with Gasteiger partial charge in [-0.05, 0) is 12.3 Å². The Morgan fingerprint density at radius 1 is 1.64 bits per heavy atom. The fourth-order valence-electron chi connectivity index (χ4n) is 1.51. The lowest BCUT2D eigenvalue weighted by Crippen LogP contribution is -2.22. The molecule has 0 aromatic rings. The fraction of sp³-hybridized carbons (Fsp3) is 0.875. The SMILES string of the molecule is CCCC1CCN=C(N)C1.Cl. The van der Waals surface area contributed by atoms with Crippen LogP contribution in [0.3, 0.4) is 0 Å². The molecular formula is C8H17ClN2. The Labute approximate surface area is 74.7 Å². The Morgan fingerprint density at radius 3 is 2.91 bits per heavy atom. The van der Waals surface area contributed by atoms with E-state index in [1.807, 2.05) is 0 Å². The number of nitrogens with zero attached hydrogens (tertiary/aromatic N) is 1. The molecule has 0 aromatic heterocycles. The van der Waals surface area contributed by atoms with Crippen molar-refractivity contribution in [3.8, 4) is 0 Å². The molecule has 1 aliphatic heterocycles. The first-order chi connectivity index (χ1) is 4.83. The van der Waals surface area contributed by atoms with E-state index in [-0.39, 0.29) is 12.4 Å². The van der Waals surface area contributed by atoms with Gasteiger partial charge in [-0.15, -0.1) is 12.4 Å². The quantitative estimate of drug-likeness (QED) is 0.687. The molecule has 1 atom stereocenters. The smallest absolute Gasteiger partial charge is 0.0939 e. The molecule has 0 aliphatic carbocycles. The van der Waals surface area contributed by atoms with Crippen LogP contribution in [0.25, 0.3) is 0 Å². The van der Waals surface area contributed by atoms with Crippen LogP contribution in [0.4, 0.5) is 0 Å². The Kier molecular flexibility index (Phi) is 5.30. The average molecular weight is 177 g/mol. The van der Waals surface area contributed by atoms with E-state index in [0.717, 1.165) is 24.7 Å². The van der Waals surface area contributed by atoms with Crippen molar-refractivity contribution in [2.24, 2.45) is 16.6 Å². The van der Waals surface area contributed by atoms with Crippen molar-refractivity contribution in [3.63, 3.8) is 0 Å². The topological polar surface area (TPSA) is 38.4 Å². The normalized spacial score (nSPS) is 23.7. The van der Waals surface area contributed by atoms with Crippen LogP contribution in [0.5, 0.6) is 0 Å². The summed E-state index contributed by atoms with van der Waals surface area (Å²) >= 11 is 0. The van der Waals surface area contributed by atoms with Crippen LogP contribution in [-0.2, 0) is 0 Å². The van der Waals surface area contributed by atoms with Gasteiger partial charge in [-0.2, -0.15) is 0 Å². The van der Waals surface area contributed by atoms with E-state index in [2.05, 4.69) is 11.9 Å². The number of rotatable bonds is 2. The van der Waals surface area contributed by atoms with Crippen LogP contribution in [0.2, 0.25) is 0 Å². The minimum Gasteiger partial charge on any atom is -0.387 e. The third kappa shape index (κ3) is 3.61. The van der Waals surface area contributed by atoms with Gasteiger partial charge < -0.3 is 5.73 Å². The van der Waals surface area contributed by atoms with E-state index in [0.29, 0.717) is 0 Å². The first kappa shape index (κ1) is 10.8. The van der Waals surface area contributed by atoms with Gasteiger partial charge >= 0.3 is 0 Å². The third-order valence-corrected chi connectivity index (χ3v) is 2.05. The molecule has 0 radical (unpaired) electrons. The highest BCUT2D eigenvalue weighted by atomic mass is 35.5. The lowest BCUT2D eigenvalue weighted by molar-refractivity contribution is 0.451. The van der Waals surface area contributed by atoms with Crippen LogP contribution >= 0.6 is 12.4 Å². The second-order valence-corrected chi connectivity index (χ2v) is 3.02. The van der Waals surface area contributed by atoms with Crippen LogP contribution in [0.15, 0.2) is 4.99 Å². The first-order valence-electron chi connectivity index (χ1n) is 4.11. The minimum absolute atomic E-state index is 0. The molecule has 0 saturated carbocycles. The fourth-order valence-corrected chi connectivity index (χ4v) is 1.51. The molecule has 0 amide bonds. The predicted molar refractivity (Wildman–Crippen MR) is 51.4 cm³/mol. The van der Waals surface area contributed by atoms with Crippen molar-refractivity contribution in [1.82, 2.24) is 0 Å². The van der Waals surface area contributed by atoms with Gasteiger partial charge in [0.15, 0.2) is 0 Å². The zero-order valence-corrected chi connectivity index (χ0v) is 7.86. The van der Waals surface area contributed by atoms with Gasteiger partial charge in [0.2, 0.25) is 0 Å². The molecule has 0 aromatic carbocycles. The first-order valence-corrected chi connectivity index (χ1v) is 4.11. The molecular weight excluding hydrogens is 160 g/mol. The van der Waals surface area contributed by atoms with E-state index >= 15 is 0 Å². The summed E-state index contributed by atoms with van der Waals surface area (Å²) in [5.41, 5.74) is 5.61. The highest BCUT2D eigenvalue weighted by Gasteiger charge is 2.12. The van der Waals surface area contributed by atoms with Crippen LogP contribution in [0.1, 0.15) is 32.6 Å². The third-order valence-electron chi connectivity index (χ3n) is 2.05. The van der Waals surface area contributed by atoms with Crippen molar-refractivity contribution in [1.29, 1.82) is 0 Å². The van der Waals surface area contributed by atoms with E-state index in [4.69, 9.17) is 5.73 Å². The van der Waals surface area contributed by atoms with Gasteiger partial charge in [0, 0.05) is 13.0 Å². The highest BCUT2D eigenvalue weighted by molar-refractivity contribution is 5.85. The maximum Gasteiger partial charge on any atom is 0.0939 e. The maximum atomic E-state index is 5.61. The standard InChI is InChI=1S/C8H16N2.ClH/c1-2-3-7-4-5-10-8(9)6-7;/h7H,2-6H2,1H3,(H2,9,10);1H. The summed E-state index contributed by atoms with van der Waals surface area (Å²) in [5.74, 6) is 1.69. The van der Waals surface area contributed by atoms with Crippen LogP contribution in [0, 0.1) is 5.92 Å². The molecule has 66 valence electrons. The highest BCUT2D eigenvalue weighted by Crippen LogP contribution is 2.18. The summed E-state index contributed by atoms with van der Waals surface area (Å²) < 4.78 is 0. The van der Waals surface area contributed by atoms with Gasteiger partial charge in [0.05, 0.1) is 5.84 Å². The number of amidine groups is 1. The van der Waals surface area contributed by atoms with Crippen molar-refractivity contribution in [3.05, 3.63) is 0 Å². The Bertz CT molecular complexity index is 134. The summed E-state index contributed by atoms with van der Waals surface area (Å²) in [5, 5.41) is 0. The van der Waals surface area contributed by atoms with Crippen molar-refractivity contribution < 1.29 is 0 Å². The summed E-state index contributed by atoms with van der Waals surface area (Å²) in [6.07, 6.45) is 4.87. The minimum atomic E-state index is 0. The molecule has 0 spiro atoms. The zero-order valence-electron chi connectivity index (χ0n) is 7.05. The summed E-state index contributed by atoms with van der Waals surface area (Å²) in [6.45, 7) is 3.18. The van der Waals surface area contributed by atoms with Crippen LogP contribution in [-0.4, -0.2) is 12.4 Å². The molecule has 1 unspecified atom stereocenters. The summed E-state index contributed by atoms with van der Waals surface area (Å²) in [4.78, 5) is 4.16. The molecule has 1 aliphatic rings. The largest absolute Gasteiger partial charge is 0.387 e. The zero-order chi connectivity index (χ0) is 7.40. The number of aliphatic imine (C=N–C) groups is 1. The molecule has 2 N–H and O–H groups in total. The van der Waals surface area contributed by atoms with Crippen molar-refractivity contribution >= 4 is 18.2 Å². The maximum absolute atomic E-state index is 5.61. The summed E-state index contributed by atoms with van der Waals surface area (Å²) in [6, 6.07) is 0. The van der Waals surface area contributed by atoms with E-state index in [9.17, 15) is 0 Å². The second-order valence-electron chi connectivity index (χ2n) is 3.02. The van der Waals surface area contributed by atoms with Gasteiger partial charge in [-0.25, -0.2) is 0 Å².